The van der Waals surface area contributed by atoms with E-state index in [9.17, 15) is 14.9 Å². The summed E-state index contributed by atoms with van der Waals surface area (Å²) in [5.41, 5.74) is 0. The highest BCUT2D eigenvalue weighted by molar-refractivity contribution is 5.69. The highest BCUT2D eigenvalue weighted by Crippen LogP contribution is 2.11. The average molecular weight is 214 g/mol. The maximum absolute atomic E-state index is 10.9. The molecule has 15 heavy (non-hydrogen) atoms. The third-order valence-corrected chi connectivity index (χ3v) is 1.80. The summed E-state index contributed by atoms with van der Waals surface area (Å²) in [6.07, 6.45) is 1.31. The van der Waals surface area contributed by atoms with Gasteiger partial charge in [0, 0.05) is 5.10 Å². The number of carbonyl (C=O) groups excluding carboxylic acids is 1. The van der Waals surface area contributed by atoms with Gasteiger partial charge in [0.05, 0.1) is 19.6 Å². The molecule has 0 saturated carbocycles. The fourth-order valence-corrected chi connectivity index (χ4v) is 0.980. The lowest BCUT2D eigenvalue weighted by atomic mass is 10.2. The van der Waals surface area contributed by atoms with Gasteiger partial charge in [-0.1, -0.05) is 4.98 Å². The largest absolute Gasteiger partial charge is 0.490 e. The summed E-state index contributed by atoms with van der Waals surface area (Å²) >= 11 is 0. The van der Waals surface area contributed by atoms with Crippen LogP contribution in [0.3, 0.4) is 0 Å². The predicted octanol–water partition coefficient (Wildman–Crippen LogP) is 0.310. The lowest BCUT2D eigenvalue weighted by Crippen LogP contribution is -2.12. The van der Waals surface area contributed by atoms with Crippen molar-refractivity contribution in [1.29, 1.82) is 0 Å². The van der Waals surface area contributed by atoms with Gasteiger partial charge in [0.25, 0.3) is 0 Å². The van der Waals surface area contributed by atoms with Gasteiger partial charge in [0.2, 0.25) is 6.33 Å². The van der Waals surface area contributed by atoms with Crippen LogP contribution in [-0.2, 0) is 9.53 Å². The number of nitro groups is 1. The van der Waals surface area contributed by atoms with Gasteiger partial charge in [0.1, 0.15) is 0 Å². The van der Waals surface area contributed by atoms with Crippen LogP contribution in [0.5, 0.6) is 0 Å². The second-order valence-electron chi connectivity index (χ2n) is 2.91. The molecule has 0 fully saturated rings. The monoisotopic (exact) mass is 214 g/mol. The van der Waals surface area contributed by atoms with Gasteiger partial charge < -0.3 is 14.9 Å². The molecule has 1 aromatic rings. The molecule has 1 aromatic heterocycles. The first-order chi connectivity index (χ1) is 7.04. The molecule has 0 aliphatic heterocycles. The summed E-state index contributed by atoms with van der Waals surface area (Å²) in [6.45, 7) is 1.69. The second-order valence-corrected chi connectivity index (χ2v) is 2.91. The molecule has 1 unspecified atom stereocenters. The van der Waals surface area contributed by atoms with Crippen molar-refractivity contribution in [2.75, 3.05) is 7.11 Å². The van der Waals surface area contributed by atoms with Crippen molar-refractivity contribution in [1.82, 2.24) is 14.8 Å². The summed E-state index contributed by atoms with van der Waals surface area (Å²) in [5.74, 6) is -0.882. The van der Waals surface area contributed by atoms with Gasteiger partial charge >= 0.3 is 11.9 Å². The first-order valence-electron chi connectivity index (χ1n) is 4.17. The lowest BCUT2D eigenvalue weighted by Gasteiger charge is -2.05. The highest BCUT2D eigenvalue weighted by Gasteiger charge is 2.19. The highest BCUT2D eigenvalue weighted by atomic mass is 16.6. The third kappa shape index (κ3) is 2.73. The Morgan fingerprint density at radius 2 is 2.47 bits per heavy atom. The zero-order valence-corrected chi connectivity index (χ0v) is 8.28. The smallest absolute Gasteiger partial charge is 0.469 e. The first kappa shape index (κ1) is 11.1. The SMILES string of the molecule is COC(=O)CC(C)n1cnc([N+](=O)[O-])n1. The number of nitrogens with zero attached hydrogens (tertiary/aromatic N) is 4. The van der Waals surface area contributed by atoms with E-state index in [0.29, 0.717) is 0 Å². The predicted molar refractivity (Wildman–Crippen MR) is 48.0 cm³/mol. The quantitative estimate of drug-likeness (QED) is 0.406. The molecule has 1 atom stereocenters. The van der Waals surface area contributed by atoms with E-state index >= 15 is 0 Å². The Kier molecular flexibility index (Phi) is 3.32. The van der Waals surface area contributed by atoms with Crippen molar-refractivity contribution < 1.29 is 14.5 Å². The Labute approximate surface area is 85.0 Å². The van der Waals surface area contributed by atoms with Crippen LogP contribution in [-0.4, -0.2) is 32.8 Å². The second kappa shape index (κ2) is 4.49. The molecule has 0 aliphatic carbocycles. The number of carbonyl (C=O) groups is 1. The standard InChI is InChI=1S/C7H10N4O4/c1-5(3-6(12)15-2)10-4-8-7(9-10)11(13)14/h4-5H,3H2,1-2H3. The van der Waals surface area contributed by atoms with Crippen molar-refractivity contribution in [2.45, 2.75) is 19.4 Å². The summed E-state index contributed by atoms with van der Waals surface area (Å²) in [5, 5.41) is 13.9. The minimum Gasteiger partial charge on any atom is -0.469 e. The van der Waals surface area contributed by atoms with Gasteiger partial charge in [-0.3, -0.25) is 4.79 Å². The molecular weight excluding hydrogens is 204 g/mol. The molecule has 8 heteroatoms. The Morgan fingerprint density at radius 3 is 2.93 bits per heavy atom. The number of hydrogen-bond acceptors (Lipinski definition) is 6. The molecule has 0 radical (unpaired) electrons. The van der Waals surface area contributed by atoms with E-state index in [2.05, 4.69) is 14.8 Å². The van der Waals surface area contributed by atoms with Crippen LogP contribution in [0.4, 0.5) is 5.95 Å². The van der Waals surface area contributed by atoms with Crippen molar-refractivity contribution in [3.63, 3.8) is 0 Å². The molecule has 0 bridgehead atoms. The maximum atomic E-state index is 10.9. The number of esters is 1. The van der Waals surface area contributed by atoms with Crippen LogP contribution in [0.1, 0.15) is 19.4 Å². The number of methoxy groups -OCH3 is 1. The molecule has 0 N–H and O–H groups in total. The topological polar surface area (TPSA) is 100 Å². The van der Waals surface area contributed by atoms with Crippen LogP contribution >= 0.6 is 0 Å². The fraction of sp³-hybridized carbons (Fsp3) is 0.571. The Bertz CT molecular complexity index is 375. The molecule has 0 saturated heterocycles. The minimum absolute atomic E-state index is 0.0943. The normalized spacial score (nSPS) is 12.1. The molecule has 1 rings (SSSR count). The van der Waals surface area contributed by atoms with E-state index in [0.717, 1.165) is 0 Å². The zero-order chi connectivity index (χ0) is 11.4. The van der Waals surface area contributed by atoms with Crippen molar-refractivity contribution in [3.05, 3.63) is 16.4 Å². The van der Waals surface area contributed by atoms with Crippen LogP contribution in [0.2, 0.25) is 0 Å². The van der Waals surface area contributed by atoms with E-state index < -0.39 is 16.8 Å². The number of rotatable bonds is 4. The number of ether oxygens (including phenoxy) is 1. The Balaban J connectivity index is 2.69. The Morgan fingerprint density at radius 1 is 1.80 bits per heavy atom. The molecule has 1 heterocycles. The van der Waals surface area contributed by atoms with Gasteiger partial charge in [-0.2, -0.15) is 4.68 Å². The number of aromatic nitrogens is 3. The van der Waals surface area contributed by atoms with Gasteiger partial charge in [-0.15, -0.1) is 0 Å². The van der Waals surface area contributed by atoms with Crippen molar-refractivity contribution >= 4 is 11.9 Å². The van der Waals surface area contributed by atoms with Crippen LogP contribution in [0.15, 0.2) is 6.33 Å². The van der Waals surface area contributed by atoms with Gasteiger partial charge in [0.15, 0.2) is 0 Å². The fourth-order valence-electron chi connectivity index (χ4n) is 0.980. The molecule has 0 aliphatic rings. The van der Waals surface area contributed by atoms with Crippen molar-refractivity contribution in [2.24, 2.45) is 0 Å². The minimum atomic E-state index is -0.693. The van der Waals surface area contributed by atoms with E-state index in [1.807, 2.05) is 0 Å². The van der Waals surface area contributed by atoms with Crippen LogP contribution in [0, 0.1) is 10.1 Å². The summed E-state index contributed by atoms with van der Waals surface area (Å²) in [7, 11) is 1.28. The van der Waals surface area contributed by atoms with E-state index in [1.54, 1.807) is 6.92 Å². The summed E-state index contributed by atoms with van der Waals surface area (Å²) in [6, 6.07) is -0.321. The first-order valence-corrected chi connectivity index (χ1v) is 4.17. The van der Waals surface area contributed by atoms with Crippen molar-refractivity contribution in [3.8, 4) is 0 Å². The van der Waals surface area contributed by atoms with E-state index in [4.69, 9.17) is 0 Å². The average Bonchev–Trinajstić information content (AvgIpc) is 2.66. The Hall–Kier alpha value is -1.99. The molecule has 8 nitrogen and oxygen atoms in total. The maximum Gasteiger partial charge on any atom is 0.490 e. The molecule has 0 aromatic carbocycles. The summed E-state index contributed by atoms with van der Waals surface area (Å²) in [4.78, 5) is 24.0. The number of hydrogen-bond donors (Lipinski definition) is 0. The zero-order valence-electron chi connectivity index (χ0n) is 8.28. The molecule has 82 valence electrons. The third-order valence-electron chi connectivity index (χ3n) is 1.80. The summed E-state index contributed by atoms with van der Waals surface area (Å²) < 4.78 is 5.72. The molecular formula is C7H10N4O4. The van der Waals surface area contributed by atoms with E-state index in [1.165, 1.54) is 18.1 Å². The van der Waals surface area contributed by atoms with Gasteiger partial charge in [-0.25, -0.2) is 0 Å². The molecule has 0 amide bonds. The van der Waals surface area contributed by atoms with Crippen LogP contribution < -0.4 is 0 Å². The van der Waals surface area contributed by atoms with Gasteiger partial charge in [-0.05, 0) is 11.8 Å². The van der Waals surface area contributed by atoms with Crippen LogP contribution in [0.25, 0.3) is 0 Å². The van der Waals surface area contributed by atoms with E-state index in [-0.39, 0.29) is 12.5 Å². The molecule has 0 spiro atoms. The lowest BCUT2D eigenvalue weighted by molar-refractivity contribution is -0.394.